The van der Waals surface area contributed by atoms with Crippen LogP contribution < -0.4 is 14.9 Å². The van der Waals surface area contributed by atoms with Crippen molar-refractivity contribution in [2.75, 3.05) is 7.11 Å². The molecule has 0 unspecified atom stereocenters. The van der Waals surface area contributed by atoms with Crippen LogP contribution in [-0.2, 0) is 9.53 Å². The van der Waals surface area contributed by atoms with Crippen molar-refractivity contribution in [2.24, 2.45) is 4.99 Å². The van der Waals surface area contributed by atoms with Crippen molar-refractivity contribution >= 4 is 58.2 Å². The largest absolute Gasteiger partial charge is 0.466 e. The lowest BCUT2D eigenvalue weighted by molar-refractivity contribution is -0.136. The molecule has 1 aliphatic heterocycles. The summed E-state index contributed by atoms with van der Waals surface area (Å²) in [5.74, 6) is 0.506. The first kappa shape index (κ1) is 24.6. The first-order valence-electron chi connectivity index (χ1n) is 10.7. The molecule has 2 aromatic heterocycles. The van der Waals surface area contributed by atoms with Crippen molar-refractivity contribution in [3.05, 3.63) is 112 Å². The topological polar surface area (TPSA) is 73.8 Å². The number of esters is 1. The second-order valence-electron chi connectivity index (χ2n) is 7.96. The molecule has 5 rings (SSSR count). The highest BCUT2D eigenvalue weighted by atomic mass is 35.5. The quantitative estimate of drug-likeness (QED) is 0.304. The summed E-state index contributed by atoms with van der Waals surface area (Å²) in [5.41, 5.74) is 1.93. The third kappa shape index (κ3) is 4.44. The van der Waals surface area contributed by atoms with E-state index in [1.807, 2.05) is 0 Å². The number of carbonyl (C=O) groups excluding carboxylic acids is 1. The number of ether oxygens (including phenoxy) is 1. The van der Waals surface area contributed by atoms with Gasteiger partial charge in [0.25, 0.3) is 5.56 Å². The van der Waals surface area contributed by atoms with Gasteiger partial charge < -0.3 is 9.15 Å². The van der Waals surface area contributed by atoms with Gasteiger partial charge in [0.15, 0.2) is 4.80 Å². The number of aromatic nitrogens is 1. The molecule has 182 valence electrons. The molecule has 0 radical (unpaired) electrons. The molecule has 4 aromatic rings. The van der Waals surface area contributed by atoms with Crippen molar-refractivity contribution < 1.29 is 13.9 Å². The van der Waals surface area contributed by atoms with Gasteiger partial charge in [0, 0.05) is 16.7 Å². The molecule has 2 aromatic carbocycles. The van der Waals surface area contributed by atoms with E-state index in [4.69, 9.17) is 44.0 Å². The van der Waals surface area contributed by atoms with E-state index in [0.29, 0.717) is 52.8 Å². The van der Waals surface area contributed by atoms with E-state index >= 15 is 0 Å². The molecule has 36 heavy (non-hydrogen) atoms. The predicted molar refractivity (Wildman–Crippen MR) is 141 cm³/mol. The number of methoxy groups -OCH3 is 1. The summed E-state index contributed by atoms with van der Waals surface area (Å²) >= 11 is 19.4. The number of furan rings is 1. The number of fused-ring (bicyclic) bond motifs is 1. The fourth-order valence-corrected chi connectivity index (χ4v) is 5.47. The normalized spacial score (nSPS) is 15.6. The molecular weight excluding hydrogens is 543 g/mol. The molecule has 6 nitrogen and oxygen atoms in total. The van der Waals surface area contributed by atoms with Crippen LogP contribution in [0.5, 0.6) is 0 Å². The Kier molecular flexibility index (Phi) is 6.66. The van der Waals surface area contributed by atoms with Gasteiger partial charge in [0.1, 0.15) is 11.5 Å². The molecule has 1 aliphatic rings. The molecule has 0 amide bonds. The van der Waals surface area contributed by atoms with Gasteiger partial charge in [-0.05, 0) is 55.0 Å². The van der Waals surface area contributed by atoms with Crippen molar-refractivity contribution in [1.29, 1.82) is 0 Å². The number of benzene rings is 2. The fourth-order valence-electron chi connectivity index (χ4n) is 4.02. The number of hydrogen-bond donors (Lipinski definition) is 0. The van der Waals surface area contributed by atoms with Crippen molar-refractivity contribution in [3.63, 3.8) is 0 Å². The summed E-state index contributed by atoms with van der Waals surface area (Å²) in [6.45, 7) is 1.72. The number of carbonyl (C=O) groups is 1. The van der Waals surface area contributed by atoms with Crippen LogP contribution in [0.2, 0.25) is 15.1 Å². The third-order valence-corrected chi connectivity index (χ3v) is 7.69. The van der Waals surface area contributed by atoms with E-state index in [2.05, 4.69) is 4.99 Å². The van der Waals surface area contributed by atoms with Gasteiger partial charge in [-0.1, -0.05) is 58.3 Å². The Hall–Kier alpha value is -3.10. The van der Waals surface area contributed by atoms with E-state index in [0.717, 1.165) is 5.56 Å². The predicted octanol–water partition coefficient (Wildman–Crippen LogP) is 5.63. The Morgan fingerprint density at radius 1 is 1.08 bits per heavy atom. The van der Waals surface area contributed by atoms with Gasteiger partial charge >= 0.3 is 5.97 Å². The number of thiazole rings is 1. The second-order valence-corrected chi connectivity index (χ2v) is 10.2. The van der Waals surface area contributed by atoms with Crippen LogP contribution in [0.15, 0.2) is 80.1 Å². The molecule has 0 fully saturated rings. The van der Waals surface area contributed by atoms with E-state index in [-0.39, 0.29) is 5.56 Å². The molecule has 0 saturated heterocycles. The first-order chi connectivity index (χ1) is 17.3. The SMILES string of the molecule is COC(=O)C1=C(C)N=c2s/c(=C\c3ccc(-c4ccc(Cl)c(Cl)c4)o3)c(=O)n2[C@@H]1c1ccc(Cl)cc1. The summed E-state index contributed by atoms with van der Waals surface area (Å²) in [7, 11) is 1.30. The highest BCUT2D eigenvalue weighted by molar-refractivity contribution is 7.07. The number of allylic oxidation sites excluding steroid dienone is 1. The molecule has 0 aliphatic carbocycles. The monoisotopic (exact) mass is 558 g/mol. The van der Waals surface area contributed by atoms with E-state index < -0.39 is 12.0 Å². The zero-order valence-electron chi connectivity index (χ0n) is 18.9. The molecular formula is C26H17Cl3N2O4S. The standard InChI is InChI=1S/C26H17Cl3N2O4S/c1-13-22(25(33)34-2)23(14-3-6-16(27)7-4-14)31-24(32)21(36-26(31)30-13)12-17-8-10-20(35-17)15-5-9-18(28)19(29)11-15/h3-12,23H,1-2H3/b21-12-/t23-/m1/s1. The Morgan fingerprint density at radius 2 is 1.83 bits per heavy atom. The molecule has 1 atom stereocenters. The van der Waals surface area contributed by atoms with Gasteiger partial charge in [-0.25, -0.2) is 9.79 Å². The van der Waals surface area contributed by atoms with Gasteiger partial charge in [-0.3, -0.25) is 9.36 Å². The summed E-state index contributed by atoms with van der Waals surface area (Å²) in [4.78, 5) is 31.3. The van der Waals surface area contributed by atoms with Crippen LogP contribution >= 0.6 is 46.1 Å². The number of rotatable bonds is 4. The zero-order valence-corrected chi connectivity index (χ0v) is 22.0. The minimum atomic E-state index is -0.712. The van der Waals surface area contributed by atoms with E-state index in [9.17, 15) is 9.59 Å². The fraction of sp³-hybridized carbons (Fsp3) is 0.115. The van der Waals surface area contributed by atoms with Crippen LogP contribution in [-0.4, -0.2) is 17.6 Å². The molecule has 0 saturated carbocycles. The maximum absolute atomic E-state index is 13.6. The molecule has 0 N–H and O–H groups in total. The van der Waals surface area contributed by atoms with Gasteiger partial charge in [0.05, 0.1) is 39.0 Å². The highest BCUT2D eigenvalue weighted by Gasteiger charge is 2.33. The maximum Gasteiger partial charge on any atom is 0.338 e. The van der Waals surface area contributed by atoms with Crippen LogP contribution in [0.3, 0.4) is 0 Å². The minimum absolute atomic E-state index is 0.290. The smallest absolute Gasteiger partial charge is 0.338 e. The lowest BCUT2D eigenvalue weighted by Crippen LogP contribution is -2.39. The summed E-state index contributed by atoms with van der Waals surface area (Å²) in [6, 6.07) is 15.0. The van der Waals surface area contributed by atoms with Crippen molar-refractivity contribution in [3.8, 4) is 11.3 Å². The van der Waals surface area contributed by atoms with E-state index in [1.165, 1.54) is 23.0 Å². The summed E-state index contributed by atoms with van der Waals surface area (Å²) in [6.07, 6.45) is 1.65. The lowest BCUT2D eigenvalue weighted by Gasteiger charge is -2.24. The van der Waals surface area contributed by atoms with Crippen LogP contribution in [0, 0.1) is 0 Å². The average molecular weight is 560 g/mol. The zero-order chi connectivity index (χ0) is 25.6. The average Bonchev–Trinajstić information content (AvgIpc) is 3.44. The molecule has 0 spiro atoms. The summed E-state index contributed by atoms with van der Waals surface area (Å²) < 4.78 is 12.9. The second kappa shape index (κ2) is 9.75. The molecule has 3 heterocycles. The van der Waals surface area contributed by atoms with Crippen molar-refractivity contribution in [2.45, 2.75) is 13.0 Å². The highest BCUT2D eigenvalue weighted by Crippen LogP contribution is 2.32. The van der Waals surface area contributed by atoms with Crippen molar-refractivity contribution in [1.82, 2.24) is 4.57 Å². The summed E-state index contributed by atoms with van der Waals surface area (Å²) in [5, 5.41) is 1.41. The Morgan fingerprint density at radius 3 is 2.53 bits per heavy atom. The number of halogens is 3. The van der Waals surface area contributed by atoms with Crippen LogP contribution in [0.4, 0.5) is 0 Å². The van der Waals surface area contributed by atoms with Gasteiger partial charge in [0.2, 0.25) is 0 Å². The van der Waals surface area contributed by atoms with Crippen LogP contribution in [0.25, 0.3) is 17.4 Å². The minimum Gasteiger partial charge on any atom is -0.466 e. The Bertz CT molecular complexity index is 1710. The maximum atomic E-state index is 13.6. The van der Waals surface area contributed by atoms with E-state index in [1.54, 1.807) is 67.6 Å². The number of hydrogen-bond acceptors (Lipinski definition) is 6. The molecule has 0 bridgehead atoms. The third-order valence-electron chi connectivity index (χ3n) is 5.72. The lowest BCUT2D eigenvalue weighted by atomic mass is 9.96. The molecule has 10 heteroatoms. The van der Waals surface area contributed by atoms with Crippen LogP contribution in [0.1, 0.15) is 24.3 Å². The Labute approximate surface area is 224 Å². The first-order valence-corrected chi connectivity index (χ1v) is 12.6. The van der Waals surface area contributed by atoms with Gasteiger partial charge in [-0.15, -0.1) is 0 Å². The van der Waals surface area contributed by atoms with Gasteiger partial charge in [-0.2, -0.15) is 0 Å². The number of nitrogens with zero attached hydrogens (tertiary/aromatic N) is 2. The Balaban J connectivity index is 1.63.